The molecule has 23 heavy (non-hydrogen) atoms. The number of carboxylic acids is 1. The largest absolute Gasteiger partial charge is 0.495 e. The third-order valence-corrected chi connectivity index (χ3v) is 3.48. The minimum Gasteiger partial charge on any atom is -0.495 e. The van der Waals surface area contributed by atoms with Gasteiger partial charge in [0.05, 0.1) is 17.8 Å². The Kier molecular flexibility index (Phi) is 5.86. The number of aliphatic carboxylic acids is 1. The highest BCUT2D eigenvalue weighted by Gasteiger charge is 2.27. The first kappa shape index (κ1) is 18.6. The number of hydrogen-bond acceptors (Lipinski definition) is 4. The molecule has 0 fully saturated rings. The maximum Gasteiger partial charge on any atom is 0.331 e. The van der Waals surface area contributed by atoms with Crippen molar-refractivity contribution in [2.75, 3.05) is 12.0 Å². The molecule has 1 N–H and O–H groups in total. The molecule has 0 saturated carbocycles. The van der Waals surface area contributed by atoms with Gasteiger partial charge in [-0.2, -0.15) is 0 Å². The molecule has 124 valence electrons. The summed E-state index contributed by atoms with van der Waals surface area (Å²) < 4.78 is 19.1. The van der Waals surface area contributed by atoms with Gasteiger partial charge in [-0.25, -0.2) is 14.1 Å². The van der Waals surface area contributed by atoms with Crippen molar-refractivity contribution in [3.05, 3.63) is 34.1 Å². The van der Waals surface area contributed by atoms with Gasteiger partial charge in [0.1, 0.15) is 11.6 Å². The molecule has 0 aromatic heterocycles. The average Bonchev–Trinajstić information content (AvgIpc) is 2.47. The van der Waals surface area contributed by atoms with Crippen LogP contribution in [0.1, 0.15) is 20.8 Å². The smallest absolute Gasteiger partial charge is 0.331 e. The average molecular weight is 344 g/mol. The lowest BCUT2D eigenvalue weighted by molar-refractivity contribution is -0.133. The Labute approximate surface area is 137 Å². The van der Waals surface area contributed by atoms with Gasteiger partial charge in [-0.15, -0.1) is 0 Å². The van der Waals surface area contributed by atoms with Crippen LogP contribution in [0.5, 0.6) is 5.75 Å². The quantitative estimate of drug-likeness (QED) is 0.850. The molecule has 6 nitrogen and oxygen atoms in total. The summed E-state index contributed by atoms with van der Waals surface area (Å²) in [6, 6.07) is 2.00. The number of benzene rings is 1. The number of halogens is 2. The molecule has 0 aliphatic rings. The van der Waals surface area contributed by atoms with Crippen molar-refractivity contribution >= 4 is 35.1 Å². The first-order chi connectivity index (χ1) is 10.6. The molecule has 0 heterocycles. The Morgan fingerprint density at radius 1 is 1.17 bits per heavy atom. The maximum absolute atomic E-state index is 14.1. The highest BCUT2D eigenvalue weighted by Crippen LogP contribution is 2.33. The van der Waals surface area contributed by atoms with Gasteiger partial charge in [0, 0.05) is 24.1 Å². The van der Waals surface area contributed by atoms with E-state index in [4.69, 9.17) is 21.4 Å². The molecule has 2 amide bonds. The van der Waals surface area contributed by atoms with Crippen LogP contribution in [0, 0.1) is 5.82 Å². The Balaban J connectivity index is 3.51. The normalized spacial score (nSPS) is 11.6. The highest BCUT2D eigenvalue weighted by molar-refractivity contribution is 6.32. The van der Waals surface area contributed by atoms with Crippen LogP contribution in [-0.4, -0.2) is 30.0 Å². The summed E-state index contributed by atoms with van der Waals surface area (Å²) in [6.07, 6.45) is 0. The maximum atomic E-state index is 14.1. The Hall–Kier alpha value is -2.41. The third kappa shape index (κ3) is 3.87. The van der Waals surface area contributed by atoms with Crippen molar-refractivity contribution < 1.29 is 28.6 Å². The third-order valence-electron chi connectivity index (χ3n) is 3.18. The van der Waals surface area contributed by atoms with Gasteiger partial charge >= 0.3 is 5.97 Å². The molecule has 0 radical (unpaired) electrons. The number of ether oxygens (including phenoxy) is 1. The van der Waals surface area contributed by atoms with Crippen LogP contribution in [0.4, 0.5) is 10.1 Å². The summed E-state index contributed by atoms with van der Waals surface area (Å²) in [7, 11) is 1.29. The molecule has 1 aromatic carbocycles. The van der Waals surface area contributed by atoms with Gasteiger partial charge in [-0.3, -0.25) is 9.59 Å². The summed E-state index contributed by atoms with van der Waals surface area (Å²) in [5.41, 5.74) is -0.815. The van der Waals surface area contributed by atoms with Crippen LogP contribution >= 0.6 is 11.6 Å². The van der Waals surface area contributed by atoms with Crippen LogP contribution in [0.25, 0.3) is 0 Å². The number of carbonyl (C=O) groups excluding carboxylic acids is 2. The molecule has 0 spiro atoms. The van der Waals surface area contributed by atoms with Crippen molar-refractivity contribution in [3.63, 3.8) is 0 Å². The van der Waals surface area contributed by atoms with Gasteiger partial charge in [-0.05, 0) is 19.9 Å². The second-order valence-electron chi connectivity index (χ2n) is 4.65. The van der Waals surface area contributed by atoms with Gasteiger partial charge in [0.25, 0.3) is 5.91 Å². The highest BCUT2D eigenvalue weighted by atomic mass is 35.5. The molecule has 0 bridgehead atoms. The molecule has 0 unspecified atom stereocenters. The predicted molar refractivity (Wildman–Crippen MR) is 82.1 cm³/mol. The number of carbonyl (C=O) groups is 3. The molecule has 0 aliphatic heterocycles. The molecule has 0 aliphatic carbocycles. The topological polar surface area (TPSA) is 83.9 Å². The van der Waals surface area contributed by atoms with Crippen LogP contribution < -0.4 is 9.64 Å². The van der Waals surface area contributed by atoms with Gasteiger partial charge in [0.15, 0.2) is 0 Å². The van der Waals surface area contributed by atoms with Crippen molar-refractivity contribution in [1.82, 2.24) is 0 Å². The summed E-state index contributed by atoms with van der Waals surface area (Å²) in [5.74, 6) is -3.89. The first-order valence-corrected chi connectivity index (χ1v) is 6.78. The molecule has 1 aromatic rings. The molecule has 8 heteroatoms. The summed E-state index contributed by atoms with van der Waals surface area (Å²) in [6.45, 7) is 3.52. The number of nitrogens with zero attached hydrogens (tertiary/aromatic N) is 1. The molecule has 0 saturated heterocycles. The fourth-order valence-electron chi connectivity index (χ4n) is 1.76. The van der Waals surface area contributed by atoms with E-state index in [0.717, 1.165) is 19.1 Å². The van der Waals surface area contributed by atoms with Crippen molar-refractivity contribution in [1.29, 1.82) is 0 Å². The number of carboxylic acid groups (broad SMARTS) is 1. The summed E-state index contributed by atoms with van der Waals surface area (Å²) in [4.78, 5) is 35.7. The van der Waals surface area contributed by atoms with E-state index in [1.54, 1.807) is 0 Å². The Morgan fingerprint density at radius 2 is 1.74 bits per heavy atom. The fourth-order valence-corrected chi connectivity index (χ4v) is 1.98. The van der Waals surface area contributed by atoms with Crippen LogP contribution in [0.2, 0.25) is 5.02 Å². The Morgan fingerprint density at radius 3 is 2.17 bits per heavy atom. The molecular weight excluding hydrogens is 329 g/mol. The number of rotatable bonds is 4. The lowest BCUT2D eigenvalue weighted by Gasteiger charge is -2.21. The molecule has 0 atom stereocenters. The Bertz CT molecular complexity index is 714. The van der Waals surface area contributed by atoms with Crippen molar-refractivity contribution in [2.24, 2.45) is 0 Å². The molecular formula is C15H15ClFNO5. The van der Waals surface area contributed by atoms with E-state index < -0.39 is 23.6 Å². The standard InChI is InChI=1S/C15H15ClFNO5/c1-7(8(2)15(21)22)14(20)18(9(3)19)12-6-13(23-4)10(16)5-11(12)17/h5-6H,1-4H3,(H,21,22)/b8-7-. The zero-order valence-corrected chi connectivity index (χ0v) is 13.7. The number of methoxy groups -OCH3 is 1. The van der Waals surface area contributed by atoms with E-state index in [9.17, 15) is 18.8 Å². The zero-order chi connectivity index (χ0) is 17.9. The van der Waals surface area contributed by atoms with Gasteiger partial charge in [-0.1, -0.05) is 11.6 Å². The van der Waals surface area contributed by atoms with Crippen LogP contribution in [-0.2, 0) is 14.4 Å². The van der Waals surface area contributed by atoms with Crippen LogP contribution in [0.15, 0.2) is 23.3 Å². The first-order valence-electron chi connectivity index (χ1n) is 6.40. The van der Waals surface area contributed by atoms with Gasteiger partial charge in [0.2, 0.25) is 5.91 Å². The number of amides is 2. The summed E-state index contributed by atoms with van der Waals surface area (Å²) >= 11 is 5.78. The van der Waals surface area contributed by atoms with E-state index >= 15 is 0 Å². The summed E-state index contributed by atoms with van der Waals surface area (Å²) in [5, 5.41) is 8.91. The van der Waals surface area contributed by atoms with Crippen LogP contribution in [0.3, 0.4) is 0 Å². The fraction of sp³-hybridized carbons (Fsp3) is 0.267. The lowest BCUT2D eigenvalue weighted by atomic mass is 10.1. The SMILES string of the molecule is COc1cc(N(C(C)=O)C(=O)/C(C)=C(/C)C(=O)O)c(F)cc1Cl. The van der Waals surface area contributed by atoms with Crippen molar-refractivity contribution in [2.45, 2.75) is 20.8 Å². The second kappa shape index (κ2) is 7.23. The van der Waals surface area contributed by atoms with E-state index in [2.05, 4.69) is 0 Å². The minimum absolute atomic E-state index is 0.0290. The molecule has 1 rings (SSSR count). The second-order valence-corrected chi connectivity index (χ2v) is 5.06. The minimum atomic E-state index is -1.31. The van der Waals surface area contributed by atoms with E-state index in [-0.39, 0.29) is 27.6 Å². The number of hydrogen-bond donors (Lipinski definition) is 1. The lowest BCUT2D eigenvalue weighted by Crippen LogP contribution is -2.37. The number of anilines is 1. The van der Waals surface area contributed by atoms with E-state index in [1.165, 1.54) is 21.0 Å². The van der Waals surface area contributed by atoms with E-state index in [1.807, 2.05) is 0 Å². The van der Waals surface area contributed by atoms with E-state index in [0.29, 0.717) is 4.90 Å². The van der Waals surface area contributed by atoms with Crippen molar-refractivity contribution in [3.8, 4) is 5.75 Å². The van der Waals surface area contributed by atoms with Gasteiger partial charge < -0.3 is 9.84 Å². The monoisotopic (exact) mass is 343 g/mol. The predicted octanol–water partition coefficient (Wildman–Crippen LogP) is 2.79. The zero-order valence-electron chi connectivity index (χ0n) is 12.9. The number of imide groups is 1.